The number of rotatable bonds is 3. The van der Waals surface area contributed by atoms with Crippen molar-refractivity contribution in [2.75, 3.05) is 0 Å². The summed E-state index contributed by atoms with van der Waals surface area (Å²) in [7, 11) is 0. The van der Waals surface area contributed by atoms with E-state index >= 15 is 0 Å². The molecular weight excluding hydrogens is 300 g/mol. The molecule has 0 aliphatic rings. The van der Waals surface area contributed by atoms with Gasteiger partial charge in [0.25, 0.3) is 0 Å². The van der Waals surface area contributed by atoms with E-state index in [4.69, 9.17) is 23.2 Å². The van der Waals surface area contributed by atoms with Crippen molar-refractivity contribution in [2.24, 2.45) is 0 Å². The molecule has 3 nitrogen and oxygen atoms in total. The first-order valence-electron chi connectivity index (χ1n) is 5.98. The molecule has 6 heteroatoms. The lowest BCUT2D eigenvalue weighted by molar-refractivity contribution is 0.626. The van der Waals surface area contributed by atoms with Crippen molar-refractivity contribution in [2.45, 2.75) is 12.4 Å². The molecule has 0 aliphatic carbocycles. The van der Waals surface area contributed by atoms with Gasteiger partial charge in [-0.05, 0) is 23.8 Å². The zero-order chi connectivity index (χ0) is 14.1. The molecule has 20 heavy (non-hydrogen) atoms. The van der Waals surface area contributed by atoms with E-state index in [2.05, 4.69) is 9.97 Å². The van der Waals surface area contributed by atoms with E-state index in [1.807, 2.05) is 10.6 Å². The van der Waals surface area contributed by atoms with E-state index in [0.717, 1.165) is 22.4 Å². The first-order valence-corrected chi connectivity index (χ1v) is 6.89. The fourth-order valence-electron chi connectivity index (χ4n) is 2.13. The molecule has 0 fully saturated rings. The zero-order valence-electron chi connectivity index (χ0n) is 10.4. The van der Waals surface area contributed by atoms with Crippen LogP contribution in [0.2, 0.25) is 5.02 Å². The van der Waals surface area contributed by atoms with Gasteiger partial charge >= 0.3 is 0 Å². The Morgan fingerprint density at radius 2 is 2.10 bits per heavy atom. The Balaban J connectivity index is 2.07. The van der Waals surface area contributed by atoms with Crippen molar-refractivity contribution >= 4 is 34.2 Å². The first kappa shape index (κ1) is 13.3. The quantitative estimate of drug-likeness (QED) is 0.684. The number of hydrogen-bond acceptors (Lipinski definition) is 2. The van der Waals surface area contributed by atoms with E-state index in [9.17, 15) is 4.39 Å². The van der Waals surface area contributed by atoms with Crippen LogP contribution >= 0.6 is 23.2 Å². The van der Waals surface area contributed by atoms with Crippen molar-refractivity contribution in [1.29, 1.82) is 0 Å². The van der Waals surface area contributed by atoms with Gasteiger partial charge in [-0.1, -0.05) is 17.7 Å². The van der Waals surface area contributed by atoms with Gasteiger partial charge in [0.1, 0.15) is 17.2 Å². The average molecular weight is 310 g/mol. The van der Waals surface area contributed by atoms with Crippen LogP contribution in [-0.4, -0.2) is 14.5 Å². The highest BCUT2D eigenvalue weighted by Crippen LogP contribution is 2.21. The molecule has 2 aromatic heterocycles. The van der Waals surface area contributed by atoms with Gasteiger partial charge in [-0.25, -0.2) is 9.37 Å². The lowest BCUT2D eigenvalue weighted by atomic mass is 10.2. The van der Waals surface area contributed by atoms with Crippen molar-refractivity contribution in [1.82, 2.24) is 14.5 Å². The third-order valence-electron chi connectivity index (χ3n) is 3.07. The van der Waals surface area contributed by atoms with Crippen LogP contribution in [-0.2, 0) is 12.4 Å². The van der Waals surface area contributed by atoms with Gasteiger partial charge in [0.2, 0.25) is 0 Å². The van der Waals surface area contributed by atoms with Gasteiger partial charge in [-0.15, -0.1) is 11.6 Å². The number of alkyl halides is 1. The van der Waals surface area contributed by atoms with Crippen LogP contribution in [0.15, 0.2) is 36.7 Å². The Kier molecular flexibility index (Phi) is 3.59. The van der Waals surface area contributed by atoms with Crippen LogP contribution in [0.25, 0.3) is 11.0 Å². The smallest absolute Gasteiger partial charge is 0.141 e. The van der Waals surface area contributed by atoms with Crippen LogP contribution in [0.5, 0.6) is 0 Å². The van der Waals surface area contributed by atoms with Crippen LogP contribution < -0.4 is 0 Å². The second-order valence-corrected chi connectivity index (χ2v) is 5.04. The molecule has 102 valence electrons. The lowest BCUT2D eigenvalue weighted by Crippen LogP contribution is -2.04. The third kappa shape index (κ3) is 2.37. The number of hydrogen-bond donors (Lipinski definition) is 0. The number of benzene rings is 1. The Bertz CT molecular complexity index is 770. The second kappa shape index (κ2) is 5.38. The SMILES string of the molecule is Fc1ccc(Cn2c(CCl)nc3cnccc32)cc1Cl. The summed E-state index contributed by atoms with van der Waals surface area (Å²) in [5.41, 5.74) is 2.62. The van der Waals surface area contributed by atoms with E-state index in [0.29, 0.717) is 12.4 Å². The molecule has 0 unspecified atom stereocenters. The fraction of sp³-hybridized carbons (Fsp3) is 0.143. The number of aromatic nitrogens is 3. The third-order valence-corrected chi connectivity index (χ3v) is 3.60. The summed E-state index contributed by atoms with van der Waals surface area (Å²) in [6, 6.07) is 6.55. The van der Waals surface area contributed by atoms with E-state index in [1.54, 1.807) is 24.5 Å². The molecule has 2 heterocycles. The summed E-state index contributed by atoms with van der Waals surface area (Å²) in [6.45, 7) is 0.530. The maximum Gasteiger partial charge on any atom is 0.141 e. The molecule has 0 atom stereocenters. The summed E-state index contributed by atoms with van der Waals surface area (Å²) in [4.78, 5) is 8.47. The monoisotopic (exact) mass is 309 g/mol. The Morgan fingerprint density at radius 1 is 1.25 bits per heavy atom. The summed E-state index contributed by atoms with van der Waals surface area (Å²) in [6.07, 6.45) is 3.40. The number of nitrogens with zero attached hydrogens (tertiary/aromatic N) is 3. The molecule has 0 spiro atoms. The molecule has 0 saturated carbocycles. The maximum atomic E-state index is 13.2. The molecule has 0 radical (unpaired) electrons. The largest absolute Gasteiger partial charge is 0.322 e. The van der Waals surface area contributed by atoms with Gasteiger partial charge < -0.3 is 4.57 Å². The Labute approximate surface area is 125 Å². The van der Waals surface area contributed by atoms with E-state index in [-0.39, 0.29) is 5.02 Å². The molecule has 1 aromatic carbocycles. The molecular formula is C14H10Cl2FN3. The maximum absolute atomic E-state index is 13.2. The highest BCUT2D eigenvalue weighted by molar-refractivity contribution is 6.30. The topological polar surface area (TPSA) is 30.7 Å². The Hall–Kier alpha value is -1.65. The van der Waals surface area contributed by atoms with Gasteiger partial charge in [-0.3, -0.25) is 4.98 Å². The minimum Gasteiger partial charge on any atom is -0.322 e. The van der Waals surface area contributed by atoms with Crippen molar-refractivity contribution in [3.05, 3.63) is 58.9 Å². The average Bonchev–Trinajstić information content (AvgIpc) is 2.81. The van der Waals surface area contributed by atoms with Crippen molar-refractivity contribution in [3.63, 3.8) is 0 Å². The fourth-order valence-corrected chi connectivity index (χ4v) is 2.54. The number of pyridine rings is 1. The number of imidazole rings is 1. The molecule has 0 amide bonds. The minimum absolute atomic E-state index is 0.112. The number of halogens is 3. The molecule has 0 saturated heterocycles. The zero-order valence-corrected chi connectivity index (χ0v) is 11.9. The Morgan fingerprint density at radius 3 is 2.85 bits per heavy atom. The van der Waals surface area contributed by atoms with Gasteiger partial charge in [-0.2, -0.15) is 0 Å². The standard InChI is InChI=1S/C14H10Cl2FN3/c15-6-14-19-12-7-18-4-3-13(12)20(14)8-9-1-2-11(17)10(16)5-9/h1-5,7H,6,8H2. The highest BCUT2D eigenvalue weighted by Gasteiger charge is 2.11. The normalized spacial score (nSPS) is 11.2. The minimum atomic E-state index is -0.423. The predicted octanol–water partition coefficient (Wildman–Crippen LogP) is 4.01. The van der Waals surface area contributed by atoms with Gasteiger partial charge in [0.15, 0.2) is 0 Å². The van der Waals surface area contributed by atoms with Crippen LogP contribution in [0.4, 0.5) is 4.39 Å². The number of fused-ring (bicyclic) bond motifs is 1. The van der Waals surface area contributed by atoms with Crippen molar-refractivity contribution in [3.8, 4) is 0 Å². The predicted molar refractivity (Wildman–Crippen MR) is 77.6 cm³/mol. The molecule has 0 aliphatic heterocycles. The summed E-state index contributed by atoms with van der Waals surface area (Å²) in [5.74, 6) is 0.617. The molecule has 0 N–H and O–H groups in total. The second-order valence-electron chi connectivity index (χ2n) is 4.36. The van der Waals surface area contributed by atoms with Gasteiger partial charge in [0, 0.05) is 12.7 Å². The first-order chi connectivity index (χ1) is 9.69. The van der Waals surface area contributed by atoms with Crippen LogP contribution in [0.3, 0.4) is 0 Å². The van der Waals surface area contributed by atoms with Crippen LogP contribution in [0.1, 0.15) is 11.4 Å². The summed E-state index contributed by atoms with van der Waals surface area (Å²) < 4.78 is 15.2. The molecule has 0 bridgehead atoms. The lowest BCUT2D eigenvalue weighted by Gasteiger charge is -2.08. The summed E-state index contributed by atoms with van der Waals surface area (Å²) >= 11 is 11.7. The van der Waals surface area contributed by atoms with Gasteiger partial charge in [0.05, 0.1) is 22.6 Å². The van der Waals surface area contributed by atoms with E-state index in [1.165, 1.54) is 6.07 Å². The highest BCUT2D eigenvalue weighted by atomic mass is 35.5. The van der Waals surface area contributed by atoms with Crippen molar-refractivity contribution < 1.29 is 4.39 Å². The van der Waals surface area contributed by atoms with E-state index < -0.39 is 5.82 Å². The van der Waals surface area contributed by atoms with Crippen LogP contribution in [0, 0.1) is 5.82 Å². The molecule has 3 aromatic rings. The summed E-state index contributed by atoms with van der Waals surface area (Å²) in [5, 5.41) is 0.112. The molecule has 3 rings (SSSR count).